The van der Waals surface area contributed by atoms with Crippen LogP contribution >= 0.6 is 0 Å². The molecule has 19 nitrogen and oxygen atoms in total. The van der Waals surface area contributed by atoms with E-state index in [1.54, 1.807) is 6.08 Å². The molecule has 3 rings (SSSR count). The van der Waals surface area contributed by atoms with Crippen LogP contribution in [0.5, 0.6) is 0 Å². The van der Waals surface area contributed by atoms with E-state index >= 15 is 0 Å². The molecule has 3 aliphatic rings. The number of allylic oxidation sites excluding steroid dienone is 3. The molecule has 1 amide bonds. The Hall–Kier alpha value is -1.73. The van der Waals surface area contributed by atoms with Gasteiger partial charge in [-0.3, -0.25) is 4.79 Å². The highest BCUT2D eigenvalue weighted by atomic mass is 16.8. The van der Waals surface area contributed by atoms with E-state index in [1.165, 1.54) is 32.1 Å². The van der Waals surface area contributed by atoms with Crippen molar-refractivity contribution in [3.8, 4) is 0 Å². The zero-order valence-electron chi connectivity index (χ0n) is 38.5. The number of nitrogens with one attached hydrogen (secondary N) is 1. The SMILES string of the molecule is CCC/C=C\CCCCCCCC(=O)NC(COC1OC(CO)C(OC2OC(CO)C(OC3OC(CO)C(O)C(O)C3O)C(O)C2O)C(O)C1O)C(O)/C=C/CCCCCCCCCC. The maximum Gasteiger partial charge on any atom is 0.220 e. The third kappa shape index (κ3) is 18.9. The lowest BCUT2D eigenvalue weighted by Gasteiger charge is -2.48. The quantitative estimate of drug-likeness (QED) is 0.0322. The topological polar surface area (TPSA) is 307 Å². The van der Waals surface area contributed by atoms with Gasteiger partial charge in [0.25, 0.3) is 0 Å². The molecule has 380 valence electrons. The number of aliphatic hydroxyl groups is 11. The summed E-state index contributed by atoms with van der Waals surface area (Å²) < 4.78 is 34.0. The molecule has 17 unspecified atom stereocenters. The fraction of sp³-hybridized carbons (Fsp3) is 0.891. The standard InChI is InChI=1S/C46H83NO18/c1-3-5-7-9-11-13-15-17-19-21-23-30(51)29(47-34(52)24-22-20-18-16-14-12-10-8-6-4-2)28-60-44-40(58)37(55)42(32(26-49)62-44)65-46-41(59)38(56)43(33(27-50)63-46)64-45-39(57)36(54)35(53)31(25-48)61-45/h8,10,21,23,29-33,35-46,48-51,53-59H,3-7,9,11-20,22,24-28H2,1-2H3,(H,47,52)/b10-8-,23-21+. The Balaban J connectivity index is 1.60. The molecule has 0 radical (unpaired) electrons. The third-order valence-electron chi connectivity index (χ3n) is 12.2. The van der Waals surface area contributed by atoms with E-state index in [4.69, 9.17) is 28.4 Å². The van der Waals surface area contributed by atoms with Crippen LogP contribution in [0.25, 0.3) is 0 Å². The molecule has 3 saturated heterocycles. The fourth-order valence-corrected chi connectivity index (χ4v) is 8.13. The average molecular weight is 938 g/mol. The monoisotopic (exact) mass is 938 g/mol. The number of rotatable bonds is 32. The molecule has 17 atom stereocenters. The molecular weight excluding hydrogens is 854 g/mol. The highest BCUT2D eigenvalue weighted by Gasteiger charge is 2.53. The highest BCUT2D eigenvalue weighted by molar-refractivity contribution is 5.76. The Labute approximate surface area is 384 Å². The minimum Gasteiger partial charge on any atom is -0.394 e. The molecule has 0 aromatic carbocycles. The Morgan fingerprint density at radius 1 is 0.538 bits per heavy atom. The summed E-state index contributed by atoms with van der Waals surface area (Å²) in [6, 6.07) is -0.970. The Morgan fingerprint density at radius 2 is 1.00 bits per heavy atom. The van der Waals surface area contributed by atoms with Gasteiger partial charge in [0.15, 0.2) is 18.9 Å². The van der Waals surface area contributed by atoms with Crippen molar-refractivity contribution < 1.29 is 89.4 Å². The number of ether oxygens (including phenoxy) is 6. The van der Waals surface area contributed by atoms with E-state index in [-0.39, 0.29) is 18.9 Å². The number of amides is 1. The van der Waals surface area contributed by atoms with E-state index in [9.17, 15) is 61.0 Å². The summed E-state index contributed by atoms with van der Waals surface area (Å²) >= 11 is 0. The van der Waals surface area contributed by atoms with Crippen LogP contribution in [-0.2, 0) is 33.2 Å². The molecule has 3 fully saturated rings. The van der Waals surface area contributed by atoms with Gasteiger partial charge in [-0.25, -0.2) is 0 Å². The van der Waals surface area contributed by atoms with Crippen molar-refractivity contribution in [2.45, 2.75) is 234 Å². The maximum absolute atomic E-state index is 13.1. The molecule has 3 heterocycles. The molecule has 19 heteroatoms. The normalized spacial score (nSPS) is 34.3. The van der Waals surface area contributed by atoms with Crippen LogP contribution < -0.4 is 5.32 Å². The summed E-state index contributed by atoms with van der Waals surface area (Å²) in [5, 5.41) is 119. The first-order chi connectivity index (χ1) is 31.3. The highest BCUT2D eigenvalue weighted by Crippen LogP contribution is 2.33. The first-order valence-electron chi connectivity index (χ1n) is 24.1. The van der Waals surface area contributed by atoms with Gasteiger partial charge in [0.2, 0.25) is 5.91 Å². The smallest absolute Gasteiger partial charge is 0.220 e. The average Bonchev–Trinajstić information content (AvgIpc) is 3.30. The first-order valence-corrected chi connectivity index (χ1v) is 24.1. The summed E-state index contributed by atoms with van der Waals surface area (Å²) in [6.45, 7) is 1.56. The van der Waals surface area contributed by atoms with E-state index in [2.05, 4.69) is 31.3 Å². The lowest BCUT2D eigenvalue weighted by molar-refractivity contribution is -0.379. The van der Waals surface area contributed by atoms with Gasteiger partial charge in [0.1, 0.15) is 73.2 Å². The second-order valence-corrected chi connectivity index (χ2v) is 17.6. The van der Waals surface area contributed by atoms with Crippen molar-refractivity contribution in [3.05, 3.63) is 24.3 Å². The van der Waals surface area contributed by atoms with Gasteiger partial charge in [0, 0.05) is 6.42 Å². The molecule has 0 spiro atoms. The zero-order chi connectivity index (χ0) is 47.7. The van der Waals surface area contributed by atoms with Crippen LogP contribution in [0.15, 0.2) is 24.3 Å². The Bertz CT molecular complexity index is 1310. The number of carbonyl (C=O) groups is 1. The second kappa shape index (κ2) is 32.2. The largest absolute Gasteiger partial charge is 0.394 e. The molecule has 12 N–H and O–H groups in total. The van der Waals surface area contributed by atoms with Crippen molar-refractivity contribution in [2.24, 2.45) is 0 Å². The van der Waals surface area contributed by atoms with Crippen LogP contribution in [-0.4, -0.2) is 193 Å². The molecule has 3 aliphatic heterocycles. The first kappa shape index (κ1) is 57.6. The van der Waals surface area contributed by atoms with E-state index in [0.717, 1.165) is 70.6 Å². The van der Waals surface area contributed by atoms with Gasteiger partial charge in [-0.15, -0.1) is 0 Å². The molecule has 0 saturated carbocycles. The third-order valence-corrected chi connectivity index (χ3v) is 12.2. The lowest BCUT2D eigenvalue weighted by Crippen LogP contribution is -2.66. The van der Waals surface area contributed by atoms with Crippen LogP contribution in [0.1, 0.15) is 129 Å². The Morgan fingerprint density at radius 3 is 1.55 bits per heavy atom. The van der Waals surface area contributed by atoms with Crippen LogP contribution in [0.2, 0.25) is 0 Å². The molecular formula is C46H83NO18. The molecule has 0 aromatic heterocycles. The van der Waals surface area contributed by atoms with Gasteiger partial charge >= 0.3 is 0 Å². The van der Waals surface area contributed by atoms with Gasteiger partial charge in [-0.05, 0) is 38.5 Å². The van der Waals surface area contributed by atoms with Gasteiger partial charge in [-0.2, -0.15) is 0 Å². The summed E-state index contributed by atoms with van der Waals surface area (Å²) in [6.07, 6.45) is -0.724. The van der Waals surface area contributed by atoms with Crippen molar-refractivity contribution >= 4 is 5.91 Å². The number of aliphatic hydroxyl groups excluding tert-OH is 11. The summed E-state index contributed by atoms with van der Waals surface area (Å²) in [4.78, 5) is 13.1. The van der Waals surface area contributed by atoms with Crippen LogP contribution in [0.3, 0.4) is 0 Å². The fourth-order valence-electron chi connectivity index (χ4n) is 8.13. The molecule has 0 aromatic rings. The van der Waals surface area contributed by atoms with Crippen molar-refractivity contribution in [3.63, 3.8) is 0 Å². The number of carbonyl (C=O) groups excluding carboxylic acids is 1. The van der Waals surface area contributed by atoms with Crippen molar-refractivity contribution in [1.82, 2.24) is 5.32 Å². The number of hydrogen-bond donors (Lipinski definition) is 12. The number of unbranched alkanes of at least 4 members (excludes halogenated alkanes) is 14. The maximum atomic E-state index is 13.1. The Kier molecular flexibility index (Phi) is 28.5. The molecule has 0 bridgehead atoms. The van der Waals surface area contributed by atoms with E-state index in [1.807, 2.05) is 6.08 Å². The van der Waals surface area contributed by atoms with Crippen molar-refractivity contribution in [1.29, 1.82) is 0 Å². The summed E-state index contributed by atoms with van der Waals surface area (Å²) in [5.41, 5.74) is 0. The molecule has 0 aliphatic carbocycles. The summed E-state index contributed by atoms with van der Waals surface area (Å²) in [7, 11) is 0. The lowest BCUT2D eigenvalue weighted by atomic mass is 9.96. The van der Waals surface area contributed by atoms with Crippen molar-refractivity contribution in [2.75, 3.05) is 26.4 Å². The van der Waals surface area contributed by atoms with Gasteiger partial charge in [0.05, 0.1) is 38.6 Å². The minimum atomic E-state index is -1.97. The predicted molar refractivity (Wildman–Crippen MR) is 236 cm³/mol. The van der Waals surface area contributed by atoms with Gasteiger partial charge < -0.3 is 89.9 Å². The zero-order valence-corrected chi connectivity index (χ0v) is 38.5. The summed E-state index contributed by atoms with van der Waals surface area (Å²) in [5.74, 6) is -0.293. The van der Waals surface area contributed by atoms with Gasteiger partial charge in [-0.1, -0.05) is 109 Å². The minimum absolute atomic E-state index is 0.232. The van der Waals surface area contributed by atoms with E-state index in [0.29, 0.717) is 6.42 Å². The number of hydrogen-bond acceptors (Lipinski definition) is 18. The second-order valence-electron chi connectivity index (χ2n) is 17.6. The van der Waals surface area contributed by atoms with Crippen LogP contribution in [0.4, 0.5) is 0 Å². The molecule has 65 heavy (non-hydrogen) atoms. The van der Waals surface area contributed by atoms with Crippen LogP contribution in [0, 0.1) is 0 Å². The van der Waals surface area contributed by atoms with E-state index < -0.39 is 124 Å². The predicted octanol–water partition coefficient (Wildman–Crippen LogP) is 0.471.